The number of rotatable bonds is 8. The lowest BCUT2D eigenvalue weighted by atomic mass is 9.68. The topological polar surface area (TPSA) is 41.6 Å². The van der Waals surface area contributed by atoms with E-state index in [2.05, 4.69) is 10.2 Å². The van der Waals surface area contributed by atoms with Crippen molar-refractivity contribution in [2.24, 2.45) is 0 Å². The molecule has 0 spiro atoms. The van der Waals surface area contributed by atoms with Crippen molar-refractivity contribution in [3.05, 3.63) is 59.1 Å². The minimum atomic E-state index is -0.556. The predicted molar refractivity (Wildman–Crippen MR) is 136 cm³/mol. The maximum atomic E-state index is 13.5. The van der Waals surface area contributed by atoms with E-state index in [9.17, 15) is 4.79 Å². The van der Waals surface area contributed by atoms with Gasteiger partial charge in [0.1, 0.15) is 5.75 Å². The molecule has 1 saturated heterocycles. The molecule has 1 N–H and O–H groups in total. The smallest absolute Gasteiger partial charge is 0.235 e. The number of amides is 1. The van der Waals surface area contributed by atoms with Crippen LogP contribution in [0.4, 0.5) is 5.69 Å². The van der Waals surface area contributed by atoms with Crippen LogP contribution in [0.1, 0.15) is 69.8 Å². The van der Waals surface area contributed by atoms with Crippen molar-refractivity contribution in [2.75, 3.05) is 31.6 Å². The van der Waals surface area contributed by atoms with Crippen LogP contribution in [0.3, 0.4) is 0 Å². The molecule has 1 heterocycles. The molecule has 0 aromatic heterocycles. The Balaban J connectivity index is 1.32. The summed E-state index contributed by atoms with van der Waals surface area (Å²) in [6.45, 7) is 4.28. The summed E-state index contributed by atoms with van der Waals surface area (Å²) in [4.78, 5) is 16.1. The first kappa shape index (κ1) is 24.1. The average Bonchev–Trinajstić information content (AvgIpc) is 3.12. The summed E-state index contributed by atoms with van der Waals surface area (Å²) >= 11 is 6.53. The van der Waals surface area contributed by atoms with Gasteiger partial charge in [-0.3, -0.25) is 4.79 Å². The van der Waals surface area contributed by atoms with E-state index in [1.807, 2.05) is 48.5 Å². The van der Waals surface area contributed by atoms with Gasteiger partial charge in [-0.1, -0.05) is 61.9 Å². The summed E-state index contributed by atoms with van der Waals surface area (Å²) in [7, 11) is 0. The zero-order valence-electron chi connectivity index (χ0n) is 19.7. The monoisotopic (exact) mass is 468 g/mol. The summed E-state index contributed by atoms with van der Waals surface area (Å²) in [5, 5.41) is 3.84. The lowest BCUT2D eigenvalue weighted by molar-refractivity contribution is -0.122. The molecule has 2 aromatic rings. The number of nitrogens with zero attached hydrogens (tertiary/aromatic N) is 1. The minimum absolute atomic E-state index is 0.0430. The van der Waals surface area contributed by atoms with Gasteiger partial charge >= 0.3 is 0 Å². The van der Waals surface area contributed by atoms with Gasteiger partial charge in [0, 0.05) is 17.3 Å². The number of anilines is 1. The number of benzene rings is 2. The first-order chi connectivity index (χ1) is 16.2. The van der Waals surface area contributed by atoms with Crippen molar-refractivity contribution >= 4 is 23.2 Å². The Morgan fingerprint density at radius 2 is 1.58 bits per heavy atom. The van der Waals surface area contributed by atoms with Crippen LogP contribution >= 0.6 is 11.6 Å². The highest BCUT2D eigenvalue weighted by Crippen LogP contribution is 2.43. The molecule has 1 saturated carbocycles. The molecule has 178 valence electrons. The Hall–Kier alpha value is -2.04. The normalized spacial score (nSPS) is 18.9. The van der Waals surface area contributed by atoms with E-state index in [1.54, 1.807) is 0 Å². The van der Waals surface area contributed by atoms with E-state index in [4.69, 9.17) is 16.3 Å². The maximum Gasteiger partial charge on any atom is 0.235 e. The van der Waals surface area contributed by atoms with Crippen LogP contribution in [0.15, 0.2) is 48.5 Å². The molecule has 4 rings (SSSR count). The highest BCUT2D eigenvalue weighted by atomic mass is 35.5. The molecule has 2 aliphatic rings. The van der Waals surface area contributed by atoms with Gasteiger partial charge in [-0.25, -0.2) is 0 Å². The molecule has 1 aliphatic heterocycles. The molecule has 2 fully saturated rings. The van der Waals surface area contributed by atoms with Crippen LogP contribution < -0.4 is 10.1 Å². The van der Waals surface area contributed by atoms with Crippen LogP contribution in [0.2, 0.25) is 5.02 Å². The Labute approximate surface area is 203 Å². The molecule has 5 heteroatoms. The number of hydrogen-bond acceptors (Lipinski definition) is 3. The summed E-state index contributed by atoms with van der Waals surface area (Å²) in [5.74, 6) is 0.892. The van der Waals surface area contributed by atoms with Gasteiger partial charge in [0.2, 0.25) is 5.91 Å². The number of carbonyl (C=O) groups is 1. The van der Waals surface area contributed by atoms with E-state index < -0.39 is 5.41 Å². The molecule has 0 radical (unpaired) electrons. The van der Waals surface area contributed by atoms with Crippen molar-refractivity contribution in [3.8, 4) is 5.75 Å². The second kappa shape index (κ2) is 11.9. The standard InChI is InChI=1S/C28H37ClN2O2/c29-26-12-5-4-11-25(26)28(17-6-3-7-18-28)27(32)30-23-13-15-24(16-14-23)33-22-10-21-31-19-8-1-2-9-20-31/h4-5,11-16H,1-3,6-10,17-22H2,(H,30,32). The summed E-state index contributed by atoms with van der Waals surface area (Å²) in [5.41, 5.74) is 1.20. The number of nitrogens with one attached hydrogen (secondary N) is 1. The van der Waals surface area contributed by atoms with Gasteiger partial charge in [0.15, 0.2) is 0 Å². The van der Waals surface area contributed by atoms with E-state index in [-0.39, 0.29) is 5.91 Å². The van der Waals surface area contributed by atoms with E-state index >= 15 is 0 Å². The Bertz CT molecular complexity index is 885. The predicted octanol–water partition coefficient (Wildman–Crippen LogP) is 6.83. The number of carbonyl (C=O) groups excluding carboxylic acids is 1. The van der Waals surface area contributed by atoms with Gasteiger partial charge in [-0.15, -0.1) is 0 Å². The van der Waals surface area contributed by atoms with Crippen molar-refractivity contribution in [2.45, 2.75) is 69.6 Å². The summed E-state index contributed by atoms with van der Waals surface area (Å²) in [6.07, 6.45) is 11.4. The fourth-order valence-electron chi connectivity index (χ4n) is 5.35. The van der Waals surface area contributed by atoms with Crippen molar-refractivity contribution < 1.29 is 9.53 Å². The molecule has 4 nitrogen and oxygen atoms in total. The number of ether oxygens (including phenoxy) is 1. The summed E-state index contributed by atoms with van der Waals surface area (Å²) in [6, 6.07) is 15.6. The van der Waals surface area contributed by atoms with Crippen molar-refractivity contribution in [1.29, 1.82) is 0 Å². The molecule has 0 bridgehead atoms. The molecule has 1 amide bonds. The number of likely N-dealkylation sites (tertiary alicyclic amines) is 1. The third-order valence-corrected chi connectivity index (χ3v) is 7.56. The first-order valence-corrected chi connectivity index (χ1v) is 13.1. The van der Waals surface area contributed by atoms with Gasteiger partial charge in [-0.05, 0) is 81.1 Å². The van der Waals surface area contributed by atoms with E-state index in [0.29, 0.717) is 5.02 Å². The number of halogens is 1. The van der Waals surface area contributed by atoms with Gasteiger partial charge in [0.25, 0.3) is 0 Å². The van der Waals surface area contributed by atoms with Crippen molar-refractivity contribution in [1.82, 2.24) is 4.90 Å². The van der Waals surface area contributed by atoms with Crippen LogP contribution in [-0.2, 0) is 10.2 Å². The molecular formula is C28H37ClN2O2. The molecule has 0 atom stereocenters. The Morgan fingerprint density at radius 1 is 0.909 bits per heavy atom. The largest absolute Gasteiger partial charge is 0.494 e. The molecule has 2 aromatic carbocycles. The second-order valence-corrected chi connectivity index (χ2v) is 9.97. The van der Waals surface area contributed by atoms with Gasteiger partial charge < -0.3 is 15.0 Å². The average molecular weight is 469 g/mol. The molecule has 0 unspecified atom stereocenters. The third kappa shape index (κ3) is 6.30. The SMILES string of the molecule is O=C(Nc1ccc(OCCCN2CCCCCC2)cc1)C1(c2ccccc2Cl)CCCCC1. The fourth-order valence-corrected chi connectivity index (χ4v) is 5.66. The molecule has 33 heavy (non-hydrogen) atoms. The lowest BCUT2D eigenvalue weighted by Crippen LogP contribution is -2.42. The third-order valence-electron chi connectivity index (χ3n) is 7.23. The van der Waals surface area contributed by atoms with Crippen LogP contribution in [0.25, 0.3) is 0 Å². The Morgan fingerprint density at radius 3 is 2.27 bits per heavy atom. The number of hydrogen-bond donors (Lipinski definition) is 1. The zero-order chi connectivity index (χ0) is 22.9. The summed E-state index contributed by atoms with van der Waals surface area (Å²) < 4.78 is 5.95. The lowest BCUT2D eigenvalue weighted by Gasteiger charge is -2.37. The van der Waals surface area contributed by atoms with E-state index in [0.717, 1.165) is 62.3 Å². The van der Waals surface area contributed by atoms with Crippen LogP contribution in [0, 0.1) is 0 Å². The van der Waals surface area contributed by atoms with Gasteiger partial charge in [-0.2, -0.15) is 0 Å². The second-order valence-electron chi connectivity index (χ2n) is 9.56. The van der Waals surface area contributed by atoms with Crippen LogP contribution in [0.5, 0.6) is 5.75 Å². The van der Waals surface area contributed by atoms with Crippen molar-refractivity contribution in [3.63, 3.8) is 0 Å². The first-order valence-electron chi connectivity index (χ1n) is 12.7. The highest BCUT2D eigenvalue weighted by molar-refractivity contribution is 6.31. The zero-order valence-corrected chi connectivity index (χ0v) is 20.4. The molecular weight excluding hydrogens is 432 g/mol. The molecule has 1 aliphatic carbocycles. The highest BCUT2D eigenvalue weighted by Gasteiger charge is 2.42. The van der Waals surface area contributed by atoms with Crippen LogP contribution in [-0.4, -0.2) is 37.0 Å². The minimum Gasteiger partial charge on any atom is -0.494 e. The fraction of sp³-hybridized carbons (Fsp3) is 0.536. The maximum absolute atomic E-state index is 13.5. The van der Waals surface area contributed by atoms with Gasteiger partial charge in [0.05, 0.1) is 12.0 Å². The quantitative estimate of drug-likeness (QED) is 0.432. The van der Waals surface area contributed by atoms with E-state index in [1.165, 1.54) is 45.2 Å². The Kier molecular flexibility index (Phi) is 8.69.